The smallest absolute Gasteiger partial charge is 0.397 e. The lowest BCUT2D eigenvalue weighted by Crippen LogP contribution is -2.44. The van der Waals surface area contributed by atoms with Crippen molar-refractivity contribution in [3.8, 4) is 0 Å². The zero-order valence-corrected chi connectivity index (χ0v) is 11.4. The molecule has 0 aliphatic rings. The number of methoxy groups -OCH3 is 1. The number of aliphatic hydroxyl groups excluding tert-OH is 1. The van der Waals surface area contributed by atoms with Gasteiger partial charge in [-0.3, -0.25) is 0 Å². The van der Waals surface area contributed by atoms with Crippen LogP contribution >= 0.6 is 0 Å². The highest BCUT2D eigenvalue weighted by Gasteiger charge is 2.37. The Labute approximate surface area is 93.7 Å². The van der Waals surface area contributed by atoms with Crippen molar-refractivity contribution in [1.29, 1.82) is 0 Å². The van der Waals surface area contributed by atoms with Crippen LogP contribution in [-0.2, 0) is 18.0 Å². The molecule has 94 valence electrons. The number of hydrogen-bond donors (Lipinski definition) is 1. The van der Waals surface area contributed by atoms with E-state index in [4.69, 9.17) is 23.1 Å². The number of aliphatic hydroxyl groups is 1. The molecule has 15 heavy (non-hydrogen) atoms. The standard InChI is InChI=1S/C7H18O4Si.C2H6O/c1-5-6-12(9-3,10-4)11-7-8-2;1-2-3/h5-7H2,1-4H3;3H,2H2,1H3. The van der Waals surface area contributed by atoms with Gasteiger partial charge in [-0.15, -0.1) is 0 Å². The second kappa shape index (κ2) is 12.1. The Morgan fingerprint density at radius 1 is 1.07 bits per heavy atom. The van der Waals surface area contributed by atoms with E-state index in [1.807, 2.05) is 0 Å². The Morgan fingerprint density at radius 3 is 1.80 bits per heavy atom. The van der Waals surface area contributed by atoms with Gasteiger partial charge in [-0.05, 0) is 6.92 Å². The van der Waals surface area contributed by atoms with Gasteiger partial charge in [0.05, 0.1) is 0 Å². The lowest BCUT2D eigenvalue weighted by Gasteiger charge is -2.25. The summed E-state index contributed by atoms with van der Waals surface area (Å²) in [6, 6.07) is 0.823. The Morgan fingerprint density at radius 2 is 1.53 bits per heavy atom. The van der Waals surface area contributed by atoms with Gasteiger partial charge in [0.2, 0.25) is 0 Å². The zero-order chi connectivity index (χ0) is 12.2. The van der Waals surface area contributed by atoms with Gasteiger partial charge < -0.3 is 23.1 Å². The van der Waals surface area contributed by atoms with Gasteiger partial charge in [0.25, 0.3) is 0 Å². The summed E-state index contributed by atoms with van der Waals surface area (Å²) in [5, 5.41) is 7.57. The molecule has 0 aliphatic heterocycles. The monoisotopic (exact) mass is 240 g/mol. The number of hydrogen-bond acceptors (Lipinski definition) is 5. The molecule has 0 bridgehead atoms. The van der Waals surface area contributed by atoms with Gasteiger partial charge in [-0.1, -0.05) is 13.3 Å². The van der Waals surface area contributed by atoms with Crippen LogP contribution in [0, 0.1) is 0 Å². The van der Waals surface area contributed by atoms with Crippen molar-refractivity contribution in [3.05, 3.63) is 0 Å². The average Bonchev–Trinajstić information content (AvgIpc) is 2.26. The highest BCUT2D eigenvalue weighted by atomic mass is 28.4. The third-order valence-corrected chi connectivity index (χ3v) is 4.49. The summed E-state index contributed by atoms with van der Waals surface area (Å²) in [6.45, 7) is 4.23. The average molecular weight is 240 g/mol. The molecule has 0 heterocycles. The van der Waals surface area contributed by atoms with E-state index in [0.717, 1.165) is 12.5 Å². The second-order valence-corrected chi connectivity index (χ2v) is 5.68. The third-order valence-electron chi connectivity index (χ3n) is 1.57. The normalized spacial score (nSPS) is 10.8. The molecule has 0 saturated heterocycles. The summed E-state index contributed by atoms with van der Waals surface area (Å²) in [4.78, 5) is 0. The summed E-state index contributed by atoms with van der Waals surface area (Å²) in [6.07, 6.45) is 0.984. The van der Waals surface area contributed by atoms with Crippen LogP contribution < -0.4 is 0 Å². The molecule has 0 atom stereocenters. The van der Waals surface area contributed by atoms with Crippen LogP contribution in [0.5, 0.6) is 0 Å². The topological polar surface area (TPSA) is 57.2 Å². The summed E-state index contributed by atoms with van der Waals surface area (Å²) in [7, 11) is 2.41. The number of ether oxygens (including phenoxy) is 1. The van der Waals surface area contributed by atoms with E-state index in [1.165, 1.54) is 0 Å². The zero-order valence-electron chi connectivity index (χ0n) is 10.4. The van der Waals surface area contributed by atoms with Crippen LogP contribution in [0.4, 0.5) is 0 Å². The molecule has 1 N–H and O–H groups in total. The van der Waals surface area contributed by atoms with Crippen molar-refractivity contribution in [2.24, 2.45) is 0 Å². The summed E-state index contributed by atoms with van der Waals surface area (Å²) < 4.78 is 20.7. The minimum absolute atomic E-state index is 0.230. The maximum atomic E-state index is 7.57. The van der Waals surface area contributed by atoms with E-state index in [9.17, 15) is 0 Å². The predicted octanol–water partition coefficient (Wildman–Crippen LogP) is 1.25. The SMILES string of the molecule is CCC[Si](OC)(OC)OCOC.CCO. The summed E-state index contributed by atoms with van der Waals surface area (Å²) in [5.74, 6) is 0. The van der Waals surface area contributed by atoms with Gasteiger partial charge >= 0.3 is 8.80 Å². The maximum absolute atomic E-state index is 7.57. The van der Waals surface area contributed by atoms with Gasteiger partial charge in [-0.25, -0.2) is 0 Å². The van der Waals surface area contributed by atoms with Crippen molar-refractivity contribution in [2.45, 2.75) is 26.3 Å². The van der Waals surface area contributed by atoms with E-state index in [0.29, 0.717) is 0 Å². The molecule has 6 heteroatoms. The Hall–Kier alpha value is 0.0169. The fourth-order valence-corrected chi connectivity index (χ4v) is 2.80. The molecule has 0 radical (unpaired) electrons. The van der Waals surface area contributed by atoms with E-state index < -0.39 is 8.80 Å². The number of rotatable bonds is 7. The highest BCUT2D eigenvalue weighted by molar-refractivity contribution is 6.60. The Kier molecular flexibility index (Phi) is 14.0. The lowest BCUT2D eigenvalue weighted by molar-refractivity contribution is -0.0107. The summed E-state index contributed by atoms with van der Waals surface area (Å²) >= 11 is 0. The van der Waals surface area contributed by atoms with Crippen LogP contribution in [0.25, 0.3) is 0 Å². The van der Waals surface area contributed by atoms with E-state index >= 15 is 0 Å². The molecule has 0 fully saturated rings. The van der Waals surface area contributed by atoms with Crippen LogP contribution in [0.2, 0.25) is 6.04 Å². The molecular weight excluding hydrogens is 216 g/mol. The lowest BCUT2D eigenvalue weighted by atomic mass is 10.6. The van der Waals surface area contributed by atoms with Gasteiger partial charge in [0, 0.05) is 34.0 Å². The van der Waals surface area contributed by atoms with Crippen LogP contribution in [0.15, 0.2) is 0 Å². The molecule has 0 saturated carbocycles. The fraction of sp³-hybridized carbons (Fsp3) is 1.00. The quantitative estimate of drug-likeness (QED) is 0.536. The predicted molar refractivity (Wildman–Crippen MR) is 60.6 cm³/mol. The molecule has 0 aromatic carbocycles. The van der Waals surface area contributed by atoms with Crippen molar-refractivity contribution in [1.82, 2.24) is 0 Å². The van der Waals surface area contributed by atoms with Crippen molar-refractivity contribution >= 4 is 8.80 Å². The van der Waals surface area contributed by atoms with Crippen LogP contribution in [0.1, 0.15) is 20.3 Å². The van der Waals surface area contributed by atoms with Gasteiger partial charge in [0.1, 0.15) is 6.79 Å². The summed E-state index contributed by atoms with van der Waals surface area (Å²) in [5.41, 5.74) is 0. The van der Waals surface area contributed by atoms with E-state index in [2.05, 4.69) is 6.92 Å². The fourth-order valence-electron chi connectivity index (χ4n) is 0.932. The molecule has 0 amide bonds. The van der Waals surface area contributed by atoms with Crippen molar-refractivity contribution in [2.75, 3.05) is 34.7 Å². The first-order chi connectivity index (χ1) is 7.16. The van der Waals surface area contributed by atoms with Crippen LogP contribution in [0.3, 0.4) is 0 Å². The molecule has 5 nitrogen and oxygen atoms in total. The first kappa shape index (κ1) is 17.4. The molecule has 0 aliphatic carbocycles. The van der Waals surface area contributed by atoms with E-state index in [-0.39, 0.29) is 13.4 Å². The molecule has 0 aromatic heterocycles. The van der Waals surface area contributed by atoms with E-state index in [1.54, 1.807) is 28.3 Å². The first-order valence-corrected chi connectivity index (χ1v) is 6.93. The second-order valence-electron chi connectivity index (χ2n) is 2.71. The maximum Gasteiger partial charge on any atom is 0.502 e. The molecule has 0 aromatic rings. The molecular formula is C9H24O5Si. The van der Waals surface area contributed by atoms with Crippen molar-refractivity contribution < 1.29 is 23.1 Å². The Balaban J connectivity index is 0. The molecule has 0 rings (SSSR count). The first-order valence-electron chi connectivity index (χ1n) is 5.00. The van der Waals surface area contributed by atoms with Gasteiger partial charge in [0.15, 0.2) is 0 Å². The largest absolute Gasteiger partial charge is 0.502 e. The van der Waals surface area contributed by atoms with Gasteiger partial charge in [-0.2, -0.15) is 0 Å². The minimum atomic E-state index is -2.39. The molecule has 0 unspecified atom stereocenters. The third kappa shape index (κ3) is 8.98. The Bertz CT molecular complexity index is 119. The van der Waals surface area contributed by atoms with Crippen LogP contribution in [-0.4, -0.2) is 48.6 Å². The molecule has 0 spiro atoms. The highest BCUT2D eigenvalue weighted by Crippen LogP contribution is 2.15. The van der Waals surface area contributed by atoms with Crippen molar-refractivity contribution in [3.63, 3.8) is 0 Å². The minimum Gasteiger partial charge on any atom is -0.397 e.